The Morgan fingerprint density at radius 3 is 2.09 bits per heavy atom. The molecule has 43 heavy (non-hydrogen) atoms. The maximum absolute atomic E-state index is 11.3. The number of aromatic nitrogens is 2. The molecule has 1 unspecified atom stereocenters. The van der Waals surface area contributed by atoms with Crippen molar-refractivity contribution < 1.29 is 38.3 Å². The average molecular weight is 605 g/mol. The molecule has 2 aromatic heterocycles. The van der Waals surface area contributed by atoms with E-state index in [0.717, 1.165) is 18.7 Å². The van der Waals surface area contributed by atoms with Gasteiger partial charge < -0.3 is 33.5 Å². The van der Waals surface area contributed by atoms with Crippen LogP contribution in [0.15, 0.2) is 42.6 Å². The second-order valence-corrected chi connectivity index (χ2v) is 10.0. The Morgan fingerprint density at radius 1 is 0.837 bits per heavy atom. The zero-order chi connectivity index (χ0) is 30.4. The van der Waals surface area contributed by atoms with E-state index in [1.165, 1.54) is 6.07 Å². The Bertz CT molecular complexity index is 983. The minimum Gasteiger partial charge on any atom is -0.477 e. The molecule has 0 saturated carbocycles. The largest absolute Gasteiger partial charge is 0.477 e. The lowest BCUT2D eigenvalue weighted by Gasteiger charge is -2.31. The van der Waals surface area contributed by atoms with Crippen molar-refractivity contribution in [3.63, 3.8) is 0 Å². The molecule has 1 saturated heterocycles. The highest BCUT2D eigenvalue weighted by Gasteiger charge is 2.22. The van der Waals surface area contributed by atoms with Gasteiger partial charge in [0.15, 0.2) is 0 Å². The van der Waals surface area contributed by atoms with Gasteiger partial charge in [0.2, 0.25) is 0 Å². The Kier molecular flexibility index (Phi) is 17.9. The molecule has 1 fully saturated rings. The lowest BCUT2D eigenvalue weighted by atomic mass is 10.1. The number of aromatic carboxylic acids is 1. The van der Waals surface area contributed by atoms with Gasteiger partial charge >= 0.3 is 5.97 Å². The fourth-order valence-corrected chi connectivity index (χ4v) is 4.51. The molecule has 3 rings (SSSR count). The monoisotopic (exact) mass is 604 g/mol. The number of carboxylic acid groups (broad SMARTS) is 1. The lowest BCUT2D eigenvalue weighted by molar-refractivity contribution is -0.0165. The van der Waals surface area contributed by atoms with Crippen LogP contribution in [0.25, 0.3) is 0 Å². The molecular formula is C31H48N4O8. The molecule has 0 spiro atoms. The van der Waals surface area contributed by atoms with Gasteiger partial charge in [-0.15, -0.1) is 0 Å². The van der Waals surface area contributed by atoms with Gasteiger partial charge in [0.05, 0.1) is 90.1 Å². The van der Waals surface area contributed by atoms with Crippen molar-refractivity contribution in [3.8, 4) is 0 Å². The van der Waals surface area contributed by atoms with E-state index >= 15 is 0 Å². The van der Waals surface area contributed by atoms with E-state index in [1.54, 1.807) is 12.3 Å². The zero-order valence-corrected chi connectivity index (χ0v) is 25.4. The van der Waals surface area contributed by atoms with Crippen LogP contribution in [0.3, 0.4) is 0 Å². The molecule has 0 bridgehead atoms. The lowest BCUT2D eigenvalue weighted by Crippen LogP contribution is -2.38. The third-order valence-electron chi connectivity index (χ3n) is 6.77. The Morgan fingerprint density at radius 2 is 1.49 bits per heavy atom. The van der Waals surface area contributed by atoms with Gasteiger partial charge in [-0.2, -0.15) is 0 Å². The summed E-state index contributed by atoms with van der Waals surface area (Å²) in [7, 11) is 0. The molecule has 3 heterocycles. The Labute approximate surface area is 255 Å². The van der Waals surface area contributed by atoms with Crippen molar-refractivity contribution in [1.82, 2.24) is 19.8 Å². The van der Waals surface area contributed by atoms with Gasteiger partial charge in [-0.1, -0.05) is 19.1 Å². The first-order valence-electron chi connectivity index (χ1n) is 15.2. The van der Waals surface area contributed by atoms with E-state index in [0.29, 0.717) is 111 Å². The summed E-state index contributed by atoms with van der Waals surface area (Å²) in [4.78, 5) is 24.6. The number of ether oxygens (including phenoxy) is 6. The van der Waals surface area contributed by atoms with Gasteiger partial charge in [-0.3, -0.25) is 14.8 Å². The van der Waals surface area contributed by atoms with Gasteiger partial charge in [-0.25, -0.2) is 9.78 Å². The van der Waals surface area contributed by atoms with Crippen molar-refractivity contribution in [3.05, 3.63) is 59.7 Å². The fourth-order valence-electron chi connectivity index (χ4n) is 4.51. The molecule has 0 radical (unpaired) electrons. The second-order valence-electron chi connectivity index (χ2n) is 10.0. The first-order chi connectivity index (χ1) is 21.2. The molecule has 1 atom stereocenters. The molecule has 1 aliphatic rings. The third-order valence-corrected chi connectivity index (χ3v) is 6.77. The summed E-state index contributed by atoms with van der Waals surface area (Å²) in [6.45, 7) is 11.6. The Balaban J connectivity index is 1.52. The molecular weight excluding hydrogens is 556 g/mol. The number of pyridine rings is 2. The van der Waals surface area contributed by atoms with Crippen LogP contribution in [-0.4, -0.2) is 136 Å². The predicted molar refractivity (Wildman–Crippen MR) is 160 cm³/mol. The average Bonchev–Trinajstić information content (AvgIpc) is 3.02. The summed E-state index contributed by atoms with van der Waals surface area (Å²) in [5.41, 5.74) is 1.67. The molecule has 12 heteroatoms. The number of carbonyl (C=O) groups is 1. The van der Waals surface area contributed by atoms with Crippen molar-refractivity contribution >= 4 is 5.97 Å². The second kappa shape index (κ2) is 22.0. The van der Waals surface area contributed by atoms with Crippen LogP contribution in [-0.2, 0) is 35.0 Å². The van der Waals surface area contributed by atoms with Crippen LogP contribution in [0.4, 0.5) is 0 Å². The molecule has 1 N–H and O–H groups in total. The van der Waals surface area contributed by atoms with Crippen LogP contribution in [0, 0.1) is 0 Å². The third kappa shape index (κ3) is 14.7. The number of carboxylic acids is 1. The first kappa shape index (κ1) is 34.9. The van der Waals surface area contributed by atoms with E-state index in [9.17, 15) is 9.90 Å². The van der Waals surface area contributed by atoms with Crippen LogP contribution >= 0.6 is 0 Å². The highest BCUT2D eigenvalue weighted by molar-refractivity contribution is 5.85. The van der Waals surface area contributed by atoms with Gasteiger partial charge in [-0.05, 0) is 30.7 Å². The molecule has 0 amide bonds. The van der Waals surface area contributed by atoms with Crippen LogP contribution in [0.2, 0.25) is 0 Å². The van der Waals surface area contributed by atoms with Crippen molar-refractivity contribution in [1.29, 1.82) is 0 Å². The summed E-state index contributed by atoms with van der Waals surface area (Å²) < 4.78 is 35.2. The summed E-state index contributed by atoms with van der Waals surface area (Å²) in [5, 5.41) is 9.26. The molecule has 0 aliphatic carbocycles. The maximum atomic E-state index is 11.3. The highest BCUT2D eigenvalue weighted by atomic mass is 16.5. The first-order valence-corrected chi connectivity index (χ1v) is 15.2. The van der Waals surface area contributed by atoms with Crippen LogP contribution in [0.5, 0.6) is 0 Å². The molecule has 2 aromatic rings. The predicted octanol–water partition coefficient (Wildman–Crippen LogP) is 2.54. The van der Waals surface area contributed by atoms with Crippen LogP contribution < -0.4 is 0 Å². The van der Waals surface area contributed by atoms with E-state index in [2.05, 4.69) is 26.7 Å². The number of hydrogen-bond acceptors (Lipinski definition) is 11. The fraction of sp³-hybridized carbons (Fsp3) is 0.645. The van der Waals surface area contributed by atoms with Gasteiger partial charge in [0.1, 0.15) is 5.69 Å². The minimum absolute atomic E-state index is 0.0372. The van der Waals surface area contributed by atoms with Gasteiger partial charge in [0, 0.05) is 45.5 Å². The molecule has 1 aliphatic heterocycles. The van der Waals surface area contributed by atoms with Crippen molar-refractivity contribution in [2.24, 2.45) is 0 Å². The van der Waals surface area contributed by atoms with E-state index in [1.807, 2.05) is 24.3 Å². The topological polar surface area (TPSA) is 125 Å². The van der Waals surface area contributed by atoms with E-state index < -0.39 is 5.97 Å². The quantitative estimate of drug-likeness (QED) is 0.358. The standard InChI is InChI=1S/C31H48N4O8/c1-2-14-38-23-24-43-26-30(28-7-3-4-9-32-28)35-12-17-41-21-19-39-15-10-34(11-16-40-20-22-42-18-13-35)25-27-6-5-8-29(33-27)31(36)37/h3-9,30H,2,10-26H2,1H3,(H,36,37). The normalized spacial score (nSPS) is 18.4. The number of hydrogen-bond donors (Lipinski definition) is 1. The SMILES string of the molecule is CCCOCCOCC(c1ccccn1)N1CCOCCOCCN(Cc2cccc(C(=O)O)n2)CCOCCOCC1. The minimum atomic E-state index is -1.04. The summed E-state index contributed by atoms with van der Waals surface area (Å²) in [5.74, 6) is -1.04. The summed E-state index contributed by atoms with van der Waals surface area (Å²) >= 11 is 0. The summed E-state index contributed by atoms with van der Waals surface area (Å²) in [6, 6.07) is 10.9. The summed E-state index contributed by atoms with van der Waals surface area (Å²) in [6.07, 6.45) is 2.79. The number of rotatable bonds is 12. The van der Waals surface area contributed by atoms with Crippen molar-refractivity contribution in [2.45, 2.75) is 25.9 Å². The molecule has 240 valence electrons. The number of nitrogens with zero attached hydrogens (tertiary/aromatic N) is 4. The van der Waals surface area contributed by atoms with E-state index in [4.69, 9.17) is 28.4 Å². The Hall–Kier alpha value is -2.55. The van der Waals surface area contributed by atoms with Crippen LogP contribution in [0.1, 0.15) is 41.3 Å². The molecule has 0 aromatic carbocycles. The smallest absolute Gasteiger partial charge is 0.354 e. The molecule has 12 nitrogen and oxygen atoms in total. The maximum Gasteiger partial charge on any atom is 0.354 e. The van der Waals surface area contributed by atoms with Gasteiger partial charge in [0.25, 0.3) is 0 Å². The highest BCUT2D eigenvalue weighted by Crippen LogP contribution is 2.19. The van der Waals surface area contributed by atoms with E-state index in [-0.39, 0.29) is 11.7 Å². The zero-order valence-electron chi connectivity index (χ0n) is 25.4. The van der Waals surface area contributed by atoms with Crippen molar-refractivity contribution in [2.75, 3.05) is 105 Å².